The summed E-state index contributed by atoms with van der Waals surface area (Å²) in [6.07, 6.45) is 0.633. The number of hydrogen-bond acceptors (Lipinski definition) is 5. The first kappa shape index (κ1) is 22.3. The summed E-state index contributed by atoms with van der Waals surface area (Å²) in [7, 11) is 0. The van der Waals surface area contributed by atoms with Crippen molar-refractivity contribution in [2.75, 3.05) is 13.1 Å². The lowest BCUT2D eigenvalue weighted by Crippen LogP contribution is -2.39. The number of carbonyl (C=O) groups excluding carboxylic acids is 1. The molecule has 0 saturated carbocycles. The fourth-order valence-corrected chi connectivity index (χ4v) is 4.17. The maximum atomic E-state index is 13.9. The molecule has 1 aliphatic heterocycles. The van der Waals surface area contributed by atoms with Gasteiger partial charge < -0.3 is 9.42 Å². The summed E-state index contributed by atoms with van der Waals surface area (Å²) in [4.78, 5) is 18.7. The van der Waals surface area contributed by atoms with Crippen LogP contribution >= 0.6 is 0 Å². The van der Waals surface area contributed by atoms with Crippen molar-refractivity contribution in [1.29, 1.82) is 0 Å². The van der Waals surface area contributed by atoms with Crippen LogP contribution in [0.1, 0.15) is 67.5 Å². The molecule has 1 fully saturated rings. The van der Waals surface area contributed by atoms with E-state index >= 15 is 0 Å². The average Bonchev–Trinajstić information content (AvgIpc) is 3.36. The van der Waals surface area contributed by atoms with Gasteiger partial charge in [-0.05, 0) is 37.3 Å². The Morgan fingerprint density at radius 1 is 1.34 bits per heavy atom. The molecule has 3 aromatic rings. The van der Waals surface area contributed by atoms with Crippen molar-refractivity contribution < 1.29 is 22.5 Å². The minimum atomic E-state index is -4.56. The molecule has 0 N–H and O–H groups in total. The molecule has 3 aromatic heterocycles. The summed E-state index contributed by atoms with van der Waals surface area (Å²) in [5.41, 5.74) is 0.677. The van der Waals surface area contributed by atoms with E-state index in [2.05, 4.69) is 15.2 Å². The summed E-state index contributed by atoms with van der Waals surface area (Å²) in [6, 6.07) is 1.09. The lowest BCUT2D eigenvalue weighted by atomic mass is 9.91. The van der Waals surface area contributed by atoms with Gasteiger partial charge in [0.1, 0.15) is 0 Å². The van der Waals surface area contributed by atoms with E-state index in [1.54, 1.807) is 29.6 Å². The number of pyridine rings is 1. The molecule has 172 valence electrons. The van der Waals surface area contributed by atoms with Gasteiger partial charge in [-0.25, -0.2) is 4.98 Å². The molecule has 10 heteroatoms. The molecular formula is C22H26F3N5O2. The highest BCUT2D eigenvalue weighted by atomic mass is 19.4. The Hall–Kier alpha value is -2.91. The monoisotopic (exact) mass is 449 g/mol. The molecule has 0 aliphatic carbocycles. The SMILES string of the molecule is Cc1cnn(CCC(=O)N2CCCC(c3noc4nc(C(C)C)cc(C(F)(F)F)c34)C2)c1. The van der Waals surface area contributed by atoms with Crippen molar-refractivity contribution >= 4 is 17.0 Å². The zero-order chi connectivity index (χ0) is 23.0. The molecule has 7 nitrogen and oxygen atoms in total. The number of aromatic nitrogens is 4. The van der Waals surface area contributed by atoms with E-state index in [4.69, 9.17) is 4.52 Å². The Morgan fingerprint density at radius 2 is 2.12 bits per heavy atom. The molecule has 32 heavy (non-hydrogen) atoms. The molecule has 1 aliphatic rings. The number of halogens is 3. The van der Waals surface area contributed by atoms with Crippen molar-refractivity contribution in [3.63, 3.8) is 0 Å². The van der Waals surface area contributed by atoms with E-state index in [9.17, 15) is 18.0 Å². The molecular weight excluding hydrogens is 423 g/mol. The number of nitrogens with zero attached hydrogens (tertiary/aromatic N) is 5. The first-order valence-electron chi connectivity index (χ1n) is 10.8. The molecule has 4 heterocycles. The van der Waals surface area contributed by atoms with Gasteiger partial charge in [-0.15, -0.1) is 0 Å². The zero-order valence-electron chi connectivity index (χ0n) is 18.3. The van der Waals surface area contributed by atoms with Gasteiger partial charge in [0.05, 0.1) is 22.8 Å². The van der Waals surface area contributed by atoms with Crippen molar-refractivity contribution in [3.8, 4) is 0 Å². The highest BCUT2D eigenvalue weighted by molar-refractivity contribution is 5.82. The fourth-order valence-electron chi connectivity index (χ4n) is 4.17. The van der Waals surface area contributed by atoms with E-state index in [0.717, 1.165) is 11.6 Å². The van der Waals surface area contributed by atoms with Crippen LogP contribution < -0.4 is 0 Å². The van der Waals surface area contributed by atoms with Crippen LogP contribution in [0.4, 0.5) is 13.2 Å². The fraction of sp³-hybridized carbons (Fsp3) is 0.545. The van der Waals surface area contributed by atoms with E-state index in [1.807, 2.05) is 13.1 Å². The van der Waals surface area contributed by atoms with Gasteiger partial charge in [-0.1, -0.05) is 19.0 Å². The van der Waals surface area contributed by atoms with Crippen LogP contribution in [0.2, 0.25) is 0 Å². The summed E-state index contributed by atoms with van der Waals surface area (Å²) in [6.45, 7) is 6.83. The molecule has 1 unspecified atom stereocenters. The third-order valence-corrected chi connectivity index (χ3v) is 5.87. The Kier molecular flexibility index (Phi) is 5.96. The second-order valence-electron chi connectivity index (χ2n) is 8.70. The summed E-state index contributed by atoms with van der Waals surface area (Å²) in [5, 5.41) is 8.09. The minimum Gasteiger partial charge on any atom is -0.342 e. The Labute approximate surface area is 183 Å². The van der Waals surface area contributed by atoms with Crippen molar-refractivity contribution in [2.24, 2.45) is 0 Å². The average molecular weight is 449 g/mol. The third-order valence-electron chi connectivity index (χ3n) is 5.87. The number of likely N-dealkylation sites (tertiary alicyclic amines) is 1. The normalized spacial score (nSPS) is 17.5. The number of amides is 1. The van der Waals surface area contributed by atoms with Gasteiger partial charge in [0.15, 0.2) is 0 Å². The molecule has 0 bridgehead atoms. The van der Waals surface area contributed by atoms with Crippen molar-refractivity contribution in [3.05, 3.63) is 41.0 Å². The first-order chi connectivity index (χ1) is 15.1. The Balaban J connectivity index is 1.57. The quantitative estimate of drug-likeness (QED) is 0.566. The largest absolute Gasteiger partial charge is 0.417 e. The van der Waals surface area contributed by atoms with E-state index in [1.165, 1.54) is 0 Å². The zero-order valence-corrected chi connectivity index (χ0v) is 18.3. The highest BCUT2D eigenvalue weighted by Crippen LogP contribution is 2.40. The molecule has 1 atom stereocenters. The van der Waals surface area contributed by atoms with E-state index in [0.29, 0.717) is 38.2 Å². The van der Waals surface area contributed by atoms with Crippen LogP contribution in [0.5, 0.6) is 0 Å². The number of aryl methyl sites for hydroxylation is 2. The van der Waals surface area contributed by atoms with Gasteiger partial charge in [0, 0.05) is 43.9 Å². The second-order valence-corrected chi connectivity index (χ2v) is 8.70. The summed E-state index contributed by atoms with van der Waals surface area (Å²) >= 11 is 0. The van der Waals surface area contributed by atoms with Crippen LogP contribution in [-0.4, -0.2) is 43.8 Å². The Bertz CT molecular complexity index is 1120. The van der Waals surface area contributed by atoms with Gasteiger partial charge in [-0.2, -0.15) is 18.3 Å². The lowest BCUT2D eigenvalue weighted by molar-refractivity contribution is -0.136. The van der Waals surface area contributed by atoms with Gasteiger partial charge >= 0.3 is 6.18 Å². The van der Waals surface area contributed by atoms with E-state index in [-0.39, 0.29) is 41.0 Å². The van der Waals surface area contributed by atoms with Gasteiger partial charge in [0.25, 0.3) is 5.71 Å². The molecule has 0 radical (unpaired) electrons. The summed E-state index contributed by atoms with van der Waals surface area (Å²) in [5.74, 6) is -0.573. The number of fused-ring (bicyclic) bond motifs is 1. The number of carbonyl (C=O) groups is 1. The van der Waals surface area contributed by atoms with Gasteiger partial charge in [0.2, 0.25) is 5.91 Å². The molecule has 1 saturated heterocycles. The van der Waals surface area contributed by atoms with Crippen LogP contribution in [0.15, 0.2) is 23.0 Å². The Morgan fingerprint density at radius 3 is 2.78 bits per heavy atom. The van der Waals surface area contributed by atoms with Crippen LogP contribution in [0.25, 0.3) is 11.1 Å². The molecule has 0 spiro atoms. The van der Waals surface area contributed by atoms with Crippen molar-refractivity contribution in [1.82, 2.24) is 24.8 Å². The molecule has 1 amide bonds. The molecule has 4 rings (SSSR count). The topological polar surface area (TPSA) is 77.0 Å². The summed E-state index contributed by atoms with van der Waals surface area (Å²) < 4.78 is 48.6. The van der Waals surface area contributed by atoms with Crippen molar-refractivity contribution in [2.45, 2.75) is 64.6 Å². The number of piperidine rings is 1. The minimum absolute atomic E-state index is 0.0492. The first-order valence-corrected chi connectivity index (χ1v) is 10.8. The highest BCUT2D eigenvalue weighted by Gasteiger charge is 2.38. The van der Waals surface area contributed by atoms with E-state index < -0.39 is 11.7 Å². The smallest absolute Gasteiger partial charge is 0.342 e. The molecule has 0 aromatic carbocycles. The number of hydrogen-bond donors (Lipinski definition) is 0. The predicted octanol–water partition coefficient (Wildman–Crippen LogP) is 4.67. The standard InChI is InChI=1S/C22H26F3N5O2/c1-13(2)17-9-16(22(23,24)25)19-20(28-32-21(19)27-17)15-5-4-7-29(12-15)18(31)6-8-30-11-14(3)10-26-30/h9-11,13,15H,4-8,12H2,1-3H3. The predicted molar refractivity (Wildman–Crippen MR) is 111 cm³/mol. The van der Waals surface area contributed by atoms with Crippen LogP contribution in [0, 0.1) is 6.92 Å². The van der Waals surface area contributed by atoms with Gasteiger partial charge in [-0.3, -0.25) is 9.48 Å². The number of rotatable bonds is 5. The van der Waals surface area contributed by atoms with Crippen LogP contribution in [0.3, 0.4) is 0 Å². The lowest BCUT2D eigenvalue weighted by Gasteiger charge is -2.32. The number of alkyl halides is 3. The third kappa shape index (κ3) is 4.49. The second kappa shape index (κ2) is 8.55. The maximum Gasteiger partial charge on any atom is 0.417 e. The van der Waals surface area contributed by atoms with Crippen LogP contribution in [-0.2, 0) is 17.5 Å². The maximum absolute atomic E-state index is 13.9.